The lowest BCUT2D eigenvalue weighted by Crippen LogP contribution is -2.13. The summed E-state index contributed by atoms with van der Waals surface area (Å²) in [5, 5.41) is 1.18. The number of carbonyl (C=O) groups is 2. The van der Waals surface area contributed by atoms with Gasteiger partial charge in [0.25, 0.3) is 0 Å². The molecule has 0 aliphatic heterocycles. The third-order valence-corrected chi connectivity index (χ3v) is 5.40. The zero-order valence-corrected chi connectivity index (χ0v) is 14.9. The number of benzene rings is 2. The molecule has 3 aromatic rings. The second-order valence-electron chi connectivity index (χ2n) is 4.75. The van der Waals surface area contributed by atoms with E-state index in [9.17, 15) is 9.59 Å². The molecule has 116 valence electrons. The highest BCUT2D eigenvalue weighted by atomic mass is 79.9. The van der Waals surface area contributed by atoms with Crippen LogP contribution >= 0.6 is 38.9 Å². The fraction of sp³-hybridized carbons (Fsp3) is 0.0588. The average Bonchev–Trinajstić information content (AvgIpc) is 2.90. The molecule has 0 radical (unpaired) electrons. The molecule has 0 spiro atoms. The van der Waals surface area contributed by atoms with Crippen molar-refractivity contribution in [2.45, 2.75) is 0 Å². The number of ether oxygens (including phenoxy) is 1. The van der Waals surface area contributed by atoms with Gasteiger partial charge in [-0.2, -0.15) is 0 Å². The Balaban J connectivity index is 1.72. The SMILES string of the molecule is O=C(COC(=O)c1sc2ccccc2c1Cl)c1ccc(Br)cc1. The fourth-order valence-corrected chi connectivity index (χ4v) is 3.73. The molecule has 0 unspecified atom stereocenters. The van der Waals surface area contributed by atoms with E-state index >= 15 is 0 Å². The first-order valence-electron chi connectivity index (χ1n) is 6.69. The van der Waals surface area contributed by atoms with Crippen LogP contribution in [0, 0.1) is 0 Å². The van der Waals surface area contributed by atoms with Gasteiger partial charge in [-0.3, -0.25) is 4.79 Å². The molecular formula is C17H10BrClO3S. The maximum atomic E-state index is 12.2. The van der Waals surface area contributed by atoms with Crippen molar-refractivity contribution in [1.82, 2.24) is 0 Å². The predicted molar refractivity (Wildman–Crippen MR) is 95.6 cm³/mol. The number of fused-ring (bicyclic) bond motifs is 1. The maximum absolute atomic E-state index is 12.2. The zero-order chi connectivity index (χ0) is 16.4. The minimum Gasteiger partial charge on any atom is -0.453 e. The van der Waals surface area contributed by atoms with E-state index < -0.39 is 5.97 Å². The molecule has 1 heterocycles. The predicted octanol–water partition coefficient (Wildman–Crippen LogP) is 5.36. The summed E-state index contributed by atoms with van der Waals surface area (Å²) in [4.78, 5) is 24.5. The lowest BCUT2D eigenvalue weighted by molar-refractivity contribution is 0.0480. The van der Waals surface area contributed by atoms with Crippen molar-refractivity contribution in [2.75, 3.05) is 6.61 Å². The molecule has 3 nitrogen and oxygen atoms in total. The molecule has 0 N–H and O–H groups in total. The van der Waals surface area contributed by atoms with E-state index in [4.69, 9.17) is 16.3 Å². The van der Waals surface area contributed by atoms with Crippen molar-refractivity contribution in [3.63, 3.8) is 0 Å². The summed E-state index contributed by atoms with van der Waals surface area (Å²) >= 11 is 10.8. The van der Waals surface area contributed by atoms with Crippen molar-refractivity contribution in [3.8, 4) is 0 Å². The number of esters is 1. The normalized spacial score (nSPS) is 10.7. The van der Waals surface area contributed by atoms with Gasteiger partial charge in [0.05, 0.1) is 5.02 Å². The molecule has 0 saturated heterocycles. The van der Waals surface area contributed by atoms with Crippen LogP contribution in [-0.2, 0) is 4.74 Å². The van der Waals surface area contributed by atoms with Gasteiger partial charge < -0.3 is 4.74 Å². The van der Waals surface area contributed by atoms with Gasteiger partial charge in [0.1, 0.15) is 4.88 Å². The van der Waals surface area contributed by atoms with E-state index in [1.54, 1.807) is 24.3 Å². The van der Waals surface area contributed by atoms with Crippen molar-refractivity contribution in [2.24, 2.45) is 0 Å². The van der Waals surface area contributed by atoms with Crippen LogP contribution in [0.4, 0.5) is 0 Å². The van der Waals surface area contributed by atoms with Crippen molar-refractivity contribution < 1.29 is 14.3 Å². The molecule has 0 bridgehead atoms. The molecule has 1 aromatic heterocycles. The van der Waals surface area contributed by atoms with Gasteiger partial charge in [-0.15, -0.1) is 11.3 Å². The first-order chi connectivity index (χ1) is 11.1. The summed E-state index contributed by atoms with van der Waals surface area (Å²) in [7, 11) is 0. The van der Waals surface area contributed by atoms with Gasteiger partial charge in [0, 0.05) is 20.1 Å². The van der Waals surface area contributed by atoms with Gasteiger partial charge in [0.15, 0.2) is 12.4 Å². The van der Waals surface area contributed by atoms with Crippen LogP contribution in [0.3, 0.4) is 0 Å². The average molecular weight is 410 g/mol. The van der Waals surface area contributed by atoms with Crippen molar-refractivity contribution in [3.05, 3.63) is 68.5 Å². The van der Waals surface area contributed by atoms with Crippen LogP contribution in [0.25, 0.3) is 10.1 Å². The number of hydrogen-bond donors (Lipinski definition) is 0. The van der Waals surface area contributed by atoms with E-state index in [0.29, 0.717) is 15.5 Å². The number of rotatable bonds is 4. The molecule has 0 aliphatic rings. The lowest BCUT2D eigenvalue weighted by atomic mass is 10.1. The Labute approximate surface area is 150 Å². The van der Waals surface area contributed by atoms with Crippen LogP contribution in [0.1, 0.15) is 20.0 Å². The standard InChI is InChI=1S/C17H10BrClO3S/c18-11-7-5-10(6-8-11)13(20)9-22-17(21)16-15(19)12-3-1-2-4-14(12)23-16/h1-8H,9H2. The third kappa shape index (κ3) is 3.47. The van der Waals surface area contributed by atoms with Gasteiger partial charge in [0.2, 0.25) is 0 Å². The number of hydrogen-bond acceptors (Lipinski definition) is 4. The summed E-state index contributed by atoms with van der Waals surface area (Å²) in [6.07, 6.45) is 0. The highest BCUT2D eigenvalue weighted by Crippen LogP contribution is 2.35. The van der Waals surface area contributed by atoms with Crippen LogP contribution in [0.2, 0.25) is 5.02 Å². The molecule has 0 saturated carbocycles. The second kappa shape index (κ2) is 6.83. The van der Waals surface area contributed by atoms with Crippen molar-refractivity contribution in [1.29, 1.82) is 0 Å². The lowest BCUT2D eigenvalue weighted by Gasteiger charge is -2.03. The van der Waals surface area contributed by atoms with Gasteiger partial charge in [-0.1, -0.05) is 57.9 Å². The van der Waals surface area contributed by atoms with E-state index in [0.717, 1.165) is 14.6 Å². The Morgan fingerprint density at radius 2 is 1.78 bits per heavy atom. The Bertz CT molecular complexity index is 886. The molecule has 23 heavy (non-hydrogen) atoms. The van der Waals surface area contributed by atoms with E-state index in [1.165, 1.54) is 11.3 Å². The van der Waals surface area contributed by atoms with Crippen LogP contribution in [0.15, 0.2) is 53.0 Å². The number of Topliss-reactive ketones (excluding diaryl/α,β-unsaturated/α-hetero) is 1. The van der Waals surface area contributed by atoms with E-state index in [-0.39, 0.29) is 12.4 Å². The summed E-state index contributed by atoms with van der Waals surface area (Å²) in [5.74, 6) is -0.843. The van der Waals surface area contributed by atoms with Gasteiger partial charge in [-0.25, -0.2) is 4.79 Å². The Morgan fingerprint density at radius 1 is 1.09 bits per heavy atom. The number of ketones is 1. The monoisotopic (exact) mass is 408 g/mol. The first kappa shape index (κ1) is 16.2. The van der Waals surface area contributed by atoms with Crippen LogP contribution in [-0.4, -0.2) is 18.4 Å². The van der Waals surface area contributed by atoms with Crippen LogP contribution < -0.4 is 0 Å². The molecular weight excluding hydrogens is 400 g/mol. The third-order valence-electron chi connectivity index (χ3n) is 3.22. The number of halogens is 2. The molecule has 3 rings (SSSR count). The quantitative estimate of drug-likeness (QED) is 0.430. The highest BCUT2D eigenvalue weighted by Gasteiger charge is 2.19. The molecule has 2 aromatic carbocycles. The van der Waals surface area contributed by atoms with Crippen LogP contribution in [0.5, 0.6) is 0 Å². The summed E-state index contributed by atoms with van der Waals surface area (Å²) in [6.45, 7) is -0.314. The largest absolute Gasteiger partial charge is 0.453 e. The fourth-order valence-electron chi connectivity index (χ4n) is 2.06. The topological polar surface area (TPSA) is 43.4 Å². The molecule has 0 amide bonds. The smallest absolute Gasteiger partial charge is 0.350 e. The summed E-state index contributed by atoms with van der Waals surface area (Å²) in [6, 6.07) is 14.3. The zero-order valence-electron chi connectivity index (χ0n) is 11.7. The van der Waals surface area contributed by atoms with Gasteiger partial charge in [-0.05, 0) is 18.2 Å². The molecule has 6 heteroatoms. The minimum absolute atomic E-state index is 0.261. The minimum atomic E-state index is -0.582. The Hall–Kier alpha value is -1.69. The number of carbonyl (C=O) groups excluding carboxylic acids is 2. The first-order valence-corrected chi connectivity index (χ1v) is 8.68. The highest BCUT2D eigenvalue weighted by molar-refractivity contribution is 9.10. The molecule has 0 atom stereocenters. The molecule has 0 fully saturated rings. The van der Waals surface area contributed by atoms with Gasteiger partial charge >= 0.3 is 5.97 Å². The van der Waals surface area contributed by atoms with Crippen molar-refractivity contribution >= 4 is 60.7 Å². The Kier molecular flexibility index (Phi) is 4.80. The van der Waals surface area contributed by atoms with E-state index in [1.807, 2.05) is 24.3 Å². The number of thiophene rings is 1. The van der Waals surface area contributed by atoms with E-state index in [2.05, 4.69) is 15.9 Å². The molecule has 0 aliphatic carbocycles. The Morgan fingerprint density at radius 3 is 2.48 bits per heavy atom. The summed E-state index contributed by atoms with van der Waals surface area (Å²) < 4.78 is 6.89. The summed E-state index contributed by atoms with van der Waals surface area (Å²) in [5.41, 5.74) is 0.489. The maximum Gasteiger partial charge on any atom is 0.350 e. The second-order valence-corrected chi connectivity index (χ2v) is 7.09.